The van der Waals surface area contributed by atoms with Gasteiger partial charge >= 0.3 is 222 Å². The van der Waals surface area contributed by atoms with E-state index >= 15 is 0 Å². The Hall–Kier alpha value is -1.50. The molecule has 1 rings (SSSR count). The average Bonchev–Trinajstić information content (AvgIpc) is 2.91. The van der Waals surface area contributed by atoms with Gasteiger partial charge in [-0.05, 0) is 6.92 Å². The van der Waals surface area contributed by atoms with Gasteiger partial charge in [0.1, 0.15) is 0 Å². The monoisotopic (exact) mass is 650 g/mol. The molecule has 40 heavy (non-hydrogen) atoms. The molecule has 0 saturated carbocycles. The van der Waals surface area contributed by atoms with E-state index in [9.17, 15) is 18.6 Å². The van der Waals surface area contributed by atoms with Gasteiger partial charge in [-0.2, -0.15) is 0 Å². The summed E-state index contributed by atoms with van der Waals surface area (Å²) in [4.78, 5) is 31.0. The van der Waals surface area contributed by atoms with E-state index in [1.54, 1.807) is 34.6 Å². The molecule has 1 aromatic heterocycles. The van der Waals surface area contributed by atoms with Crippen molar-refractivity contribution in [1.82, 2.24) is 15.0 Å². The summed E-state index contributed by atoms with van der Waals surface area (Å²) < 4.78 is 74.0. The van der Waals surface area contributed by atoms with Gasteiger partial charge in [0.05, 0.1) is 6.61 Å². The summed E-state index contributed by atoms with van der Waals surface area (Å²) in [7, 11) is -12.5. The van der Waals surface area contributed by atoms with Crippen LogP contribution >= 0.6 is 32.0 Å². The Morgan fingerprint density at radius 3 is 2.15 bits per heavy atom. The third-order valence-corrected chi connectivity index (χ3v) is 9.76. The Morgan fingerprint density at radius 2 is 1.62 bits per heavy atom. The summed E-state index contributed by atoms with van der Waals surface area (Å²) in [5, 5.41) is 7.55. The number of rotatable bonds is 18. The van der Waals surface area contributed by atoms with Gasteiger partial charge in [0, 0.05) is 0 Å². The van der Waals surface area contributed by atoms with E-state index in [0.717, 1.165) is 0 Å². The summed E-state index contributed by atoms with van der Waals surface area (Å²) in [6, 6.07) is -0.749. The van der Waals surface area contributed by atoms with Crippen LogP contribution in [0.3, 0.4) is 0 Å². The summed E-state index contributed by atoms with van der Waals surface area (Å²) in [5.74, 6) is 0. The van der Waals surface area contributed by atoms with Crippen molar-refractivity contribution in [1.29, 1.82) is 5.41 Å². The minimum absolute atomic E-state index is 0.0126. The van der Waals surface area contributed by atoms with Crippen LogP contribution in [0.1, 0.15) is 41.5 Å². The number of ether oxygens (including phenoxy) is 2. The molecular weight excluding hydrogens is 612 g/mol. The number of nitrogens with zero attached hydrogens (tertiary/aromatic N) is 5. The van der Waals surface area contributed by atoms with Gasteiger partial charge in [0.25, 0.3) is 0 Å². The maximum atomic E-state index is 13.4. The Labute approximate surface area is 235 Å². The van der Waals surface area contributed by atoms with E-state index in [1.807, 2.05) is 0 Å². The molecule has 2 unspecified atom stereocenters. The summed E-state index contributed by atoms with van der Waals surface area (Å²) >= 11 is 0. The first kappa shape index (κ1) is 36.5. The Kier molecular flexibility index (Phi) is 17.2. The second kappa shape index (κ2) is 18.8. The molecule has 21 heteroatoms. The van der Waals surface area contributed by atoms with E-state index in [4.69, 9.17) is 37.5 Å². The first-order valence-corrected chi connectivity index (χ1v) is 18.0. The van der Waals surface area contributed by atoms with Crippen molar-refractivity contribution >= 4 is 60.2 Å². The van der Waals surface area contributed by atoms with Crippen LogP contribution in [-0.2, 0) is 41.1 Å². The van der Waals surface area contributed by atoms with Crippen LogP contribution in [0.4, 0.5) is 0 Å². The number of nitrogens with one attached hydrogen (secondary N) is 1. The summed E-state index contributed by atoms with van der Waals surface area (Å²) in [6.45, 7) is 9.48. The van der Waals surface area contributed by atoms with Crippen LogP contribution in [0, 0.1) is 5.41 Å². The molecule has 0 fully saturated rings. The van der Waals surface area contributed by atoms with E-state index in [-0.39, 0.29) is 69.3 Å². The minimum atomic E-state index is -4.17. The number of amidine groups is 2. The normalized spacial score (nSPS) is 14.5. The van der Waals surface area contributed by atoms with Crippen molar-refractivity contribution < 1.29 is 50.7 Å². The van der Waals surface area contributed by atoms with Crippen LogP contribution in [0.2, 0.25) is 0 Å². The van der Waals surface area contributed by atoms with Gasteiger partial charge in [-0.15, -0.1) is 0 Å². The van der Waals surface area contributed by atoms with Crippen LogP contribution in [0.25, 0.3) is 0 Å². The Bertz CT molecular complexity index is 1110. The standard InChI is InChI=1S/C19H38N6O11P4/c1-7-32-38(27)14(6)21-16(22-15(20)37-26)30-12-13-31-17-23-18(39(28,33-8-2)34-9-3)25-19(24-17)40(29,35-10-4)36-11-5/h20,28,38-39H,7-13,37H2,1-6H3/b20-15?,21-14+,22-16+. The molecule has 0 aliphatic rings. The molecule has 2 N–H and O–H groups in total. The fourth-order valence-electron chi connectivity index (χ4n) is 2.64. The molecule has 0 bridgehead atoms. The molecular formula is C19H38N6O11P4. The fraction of sp³-hybridized carbons (Fsp3) is 0.684. The predicted molar refractivity (Wildman–Crippen MR) is 154 cm³/mol. The maximum absolute atomic E-state index is 13.4. The number of hydrogen-bond acceptors (Lipinski definition) is 15. The quantitative estimate of drug-likeness (QED) is 0.101. The molecule has 2 atom stereocenters. The molecule has 0 radical (unpaired) electrons. The van der Waals surface area contributed by atoms with Gasteiger partial charge in [-0.25, -0.2) is 0 Å². The zero-order chi connectivity index (χ0) is 30.2. The van der Waals surface area contributed by atoms with Crippen molar-refractivity contribution in [3.63, 3.8) is 0 Å². The summed E-state index contributed by atoms with van der Waals surface area (Å²) in [6.07, 6.45) is 0. The third-order valence-electron chi connectivity index (χ3n) is 4.12. The SMILES string of the molecule is CCO[PH](=O)/C(C)=N/C(=N\C(=N)[PH2]=O)OCCOc1nc(P(=O)(OCC)OCC)nc([PH](O)(OCC)OCC)n1. The van der Waals surface area contributed by atoms with Crippen LogP contribution in [0.15, 0.2) is 9.98 Å². The first-order valence-electron chi connectivity index (χ1n) is 12.3. The fourth-order valence-corrected chi connectivity index (χ4v) is 6.57. The van der Waals surface area contributed by atoms with Gasteiger partial charge < -0.3 is 0 Å². The second-order valence-electron chi connectivity index (χ2n) is 7.03. The van der Waals surface area contributed by atoms with Crippen LogP contribution in [0.5, 0.6) is 6.01 Å². The van der Waals surface area contributed by atoms with Crippen molar-refractivity contribution in [2.24, 2.45) is 9.98 Å². The zero-order valence-corrected chi connectivity index (χ0v) is 27.3. The number of aliphatic imine (C=N–C) groups is 2. The molecule has 17 nitrogen and oxygen atoms in total. The molecule has 1 heterocycles. The van der Waals surface area contributed by atoms with Crippen LogP contribution < -0.4 is 15.9 Å². The van der Waals surface area contributed by atoms with Crippen molar-refractivity contribution in [2.45, 2.75) is 41.5 Å². The van der Waals surface area contributed by atoms with Gasteiger partial charge in [-0.1, -0.05) is 0 Å². The molecule has 0 aliphatic heterocycles. The molecule has 230 valence electrons. The third kappa shape index (κ3) is 11.8. The Balaban J connectivity index is 3.30. The number of hydrogen-bond donors (Lipinski definition) is 2. The first-order chi connectivity index (χ1) is 19.0. The van der Waals surface area contributed by atoms with Gasteiger partial charge in [0.2, 0.25) is 0 Å². The molecule has 0 aromatic carbocycles. The zero-order valence-electron chi connectivity index (χ0n) is 23.2. The van der Waals surface area contributed by atoms with Crippen molar-refractivity contribution in [2.75, 3.05) is 46.2 Å². The topological polar surface area (TPSA) is 223 Å². The molecule has 0 spiro atoms. The van der Waals surface area contributed by atoms with E-state index in [0.29, 0.717) is 0 Å². The molecule has 0 amide bonds. The van der Waals surface area contributed by atoms with Crippen molar-refractivity contribution in [3.05, 3.63) is 0 Å². The molecule has 0 saturated heterocycles. The van der Waals surface area contributed by atoms with E-state index in [1.165, 1.54) is 6.92 Å². The van der Waals surface area contributed by atoms with E-state index in [2.05, 4.69) is 24.9 Å². The number of aromatic nitrogens is 3. The van der Waals surface area contributed by atoms with Crippen molar-refractivity contribution in [3.8, 4) is 6.01 Å². The predicted octanol–water partition coefficient (Wildman–Crippen LogP) is 2.32. The van der Waals surface area contributed by atoms with E-state index < -0.39 is 43.2 Å². The summed E-state index contributed by atoms with van der Waals surface area (Å²) in [5.41, 5.74) is -1.15. The Morgan fingerprint density at radius 1 is 1.00 bits per heavy atom. The second-order valence-corrected chi connectivity index (χ2v) is 13.5. The van der Waals surface area contributed by atoms with Gasteiger partial charge in [-0.3, -0.25) is 0 Å². The van der Waals surface area contributed by atoms with Crippen LogP contribution in [-0.4, -0.2) is 83.1 Å². The molecule has 1 aromatic rings. The molecule has 0 aliphatic carbocycles. The van der Waals surface area contributed by atoms with Gasteiger partial charge in [0.15, 0.2) is 0 Å². The average molecular weight is 650 g/mol.